The number of aromatic amines is 2. The lowest BCUT2D eigenvalue weighted by molar-refractivity contribution is 0.0608. The number of aliphatic hydroxyl groups excluding tert-OH is 1. The Kier molecular flexibility index (Phi) is 4.13. The zero-order valence-corrected chi connectivity index (χ0v) is 10.4. The predicted molar refractivity (Wildman–Crippen MR) is 67.1 cm³/mol. The first-order valence-electron chi connectivity index (χ1n) is 6.06. The van der Waals surface area contributed by atoms with E-state index in [0.717, 1.165) is 6.07 Å². The number of nitrogens with one attached hydrogen (secondary N) is 2. The number of hydrogen-bond acceptors (Lipinski definition) is 5. The molecule has 0 aromatic carbocycles. The van der Waals surface area contributed by atoms with E-state index in [1.807, 2.05) is 9.88 Å². The van der Waals surface area contributed by atoms with Crippen LogP contribution >= 0.6 is 0 Å². The van der Waals surface area contributed by atoms with Gasteiger partial charge < -0.3 is 15.0 Å². The Morgan fingerprint density at radius 2 is 1.89 bits per heavy atom. The van der Waals surface area contributed by atoms with Crippen molar-refractivity contribution in [2.75, 3.05) is 39.3 Å². The Labute approximate surface area is 108 Å². The van der Waals surface area contributed by atoms with Gasteiger partial charge in [0.15, 0.2) is 0 Å². The average molecular weight is 268 g/mol. The predicted octanol–water partition coefficient (Wildman–Crippen LogP) is -2.19. The molecule has 0 spiro atoms. The molecule has 0 atom stereocenters. The van der Waals surface area contributed by atoms with Crippen LogP contribution in [0.4, 0.5) is 0 Å². The fraction of sp³-hybridized carbons (Fsp3) is 0.545. The van der Waals surface area contributed by atoms with E-state index in [9.17, 15) is 14.4 Å². The van der Waals surface area contributed by atoms with Crippen LogP contribution < -0.4 is 11.2 Å². The van der Waals surface area contributed by atoms with E-state index in [2.05, 4.69) is 4.98 Å². The van der Waals surface area contributed by atoms with Crippen molar-refractivity contribution in [3.05, 3.63) is 32.6 Å². The van der Waals surface area contributed by atoms with Gasteiger partial charge in [0.1, 0.15) is 5.69 Å². The molecule has 0 saturated carbocycles. The summed E-state index contributed by atoms with van der Waals surface area (Å²) in [5.74, 6) is -0.355. The molecule has 0 bridgehead atoms. The fourth-order valence-corrected chi connectivity index (χ4v) is 2.07. The highest BCUT2D eigenvalue weighted by Crippen LogP contribution is 2.04. The molecule has 1 aromatic rings. The molecule has 19 heavy (non-hydrogen) atoms. The summed E-state index contributed by atoms with van der Waals surface area (Å²) in [5, 5.41) is 8.83. The van der Waals surface area contributed by atoms with Crippen molar-refractivity contribution in [2.45, 2.75) is 0 Å². The van der Waals surface area contributed by atoms with Gasteiger partial charge in [-0.15, -0.1) is 0 Å². The number of hydrogen-bond donors (Lipinski definition) is 3. The van der Waals surface area contributed by atoms with Crippen LogP contribution in [0.3, 0.4) is 0 Å². The molecule has 104 valence electrons. The Balaban J connectivity index is 2.05. The average Bonchev–Trinajstić information content (AvgIpc) is 2.38. The minimum atomic E-state index is -0.685. The lowest BCUT2D eigenvalue weighted by Crippen LogP contribution is -2.49. The van der Waals surface area contributed by atoms with Crippen molar-refractivity contribution >= 4 is 5.91 Å². The standard InChI is InChI=1S/C11H16N4O4/c16-6-5-14-1-3-15(4-2-14)10(18)8-7-9(17)13-11(19)12-8/h7,16H,1-6H2,(H2,12,13,17,19). The summed E-state index contributed by atoms with van der Waals surface area (Å²) in [6.07, 6.45) is 0. The van der Waals surface area contributed by atoms with Gasteiger partial charge >= 0.3 is 5.69 Å². The van der Waals surface area contributed by atoms with Gasteiger partial charge in [0.25, 0.3) is 11.5 Å². The number of H-pyrrole nitrogens is 2. The van der Waals surface area contributed by atoms with Crippen LogP contribution in [0.2, 0.25) is 0 Å². The molecule has 1 amide bonds. The number of β-amino-alcohol motifs (C(OH)–C–C–N with tert-alkyl or cyclic N) is 1. The van der Waals surface area contributed by atoms with Crippen LogP contribution in [0.1, 0.15) is 10.5 Å². The second-order valence-corrected chi connectivity index (χ2v) is 4.36. The zero-order valence-electron chi connectivity index (χ0n) is 10.4. The lowest BCUT2D eigenvalue weighted by Gasteiger charge is -2.34. The van der Waals surface area contributed by atoms with Crippen molar-refractivity contribution in [1.82, 2.24) is 19.8 Å². The molecule has 1 saturated heterocycles. The van der Waals surface area contributed by atoms with Gasteiger partial charge in [-0.3, -0.25) is 19.5 Å². The lowest BCUT2D eigenvalue weighted by atomic mass is 10.2. The molecule has 2 rings (SSSR count). The molecular weight excluding hydrogens is 252 g/mol. The van der Waals surface area contributed by atoms with Crippen LogP contribution in [0.25, 0.3) is 0 Å². The molecule has 8 heteroatoms. The third-order valence-corrected chi connectivity index (χ3v) is 3.07. The van der Waals surface area contributed by atoms with Gasteiger partial charge in [-0.05, 0) is 0 Å². The Bertz CT molecular complexity index is 528. The number of rotatable bonds is 3. The SMILES string of the molecule is O=C(c1cc(=O)[nH]c(=O)[nH]1)N1CCN(CCO)CC1. The highest BCUT2D eigenvalue weighted by Gasteiger charge is 2.22. The van der Waals surface area contributed by atoms with Gasteiger partial charge in [0.2, 0.25) is 0 Å². The highest BCUT2D eigenvalue weighted by atomic mass is 16.3. The normalized spacial score (nSPS) is 16.6. The van der Waals surface area contributed by atoms with Crippen LogP contribution in [0.5, 0.6) is 0 Å². The number of nitrogens with zero attached hydrogens (tertiary/aromatic N) is 2. The first kappa shape index (κ1) is 13.5. The third kappa shape index (κ3) is 3.30. The Hall–Kier alpha value is -1.93. The quantitative estimate of drug-likeness (QED) is 0.577. The highest BCUT2D eigenvalue weighted by molar-refractivity contribution is 5.92. The van der Waals surface area contributed by atoms with Gasteiger partial charge in [0.05, 0.1) is 6.61 Å². The first-order chi connectivity index (χ1) is 9.10. The summed E-state index contributed by atoms with van der Waals surface area (Å²) in [6.45, 7) is 3.03. The minimum Gasteiger partial charge on any atom is -0.395 e. The van der Waals surface area contributed by atoms with Crippen molar-refractivity contribution in [3.8, 4) is 0 Å². The van der Waals surface area contributed by atoms with E-state index < -0.39 is 11.2 Å². The molecule has 1 aliphatic heterocycles. The second-order valence-electron chi connectivity index (χ2n) is 4.36. The van der Waals surface area contributed by atoms with E-state index in [-0.39, 0.29) is 18.2 Å². The molecule has 1 aromatic heterocycles. The van der Waals surface area contributed by atoms with Crippen LogP contribution in [0.15, 0.2) is 15.7 Å². The van der Waals surface area contributed by atoms with E-state index >= 15 is 0 Å². The molecule has 1 fully saturated rings. The number of carbonyl (C=O) groups is 1. The summed E-state index contributed by atoms with van der Waals surface area (Å²) in [4.78, 5) is 42.3. The fourth-order valence-electron chi connectivity index (χ4n) is 2.07. The second kappa shape index (κ2) is 5.81. The van der Waals surface area contributed by atoms with Crippen molar-refractivity contribution in [2.24, 2.45) is 0 Å². The van der Waals surface area contributed by atoms with Gasteiger partial charge in [0, 0.05) is 38.8 Å². The van der Waals surface area contributed by atoms with Crippen molar-refractivity contribution in [3.63, 3.8) is 0 Å². The first-order valence-corrected chi connectivity index (χ1v) is 6.06. The van der Waals surface area contributed by atoms with Crippen LogP contribution in [0, 0.1) is 0 Å². The maximum atomic E-state index is 12.1. The van der Waals surface area contributed by atoms with E-state index in [0.29, 0.717) is 32.7 Å². The molecule has 8 nitrogen and oxygen atoms in total. The summed E-state index contributed by atoms with van der Waals surface area (Å²) >= 11 is 0. The van der Waals surface area contributed by atoms with E-state index in [1.54, 1.807) is 4.90 Å². The smallest absolute Gasteiger partial charge is 0.326 e. The van der Waals surface area contributed by atoms with Gasteiger partial charge in [-0.25, -0.2) is 4.79 Å². The number of carbonyl (C=O) groups excluding carboxylic acids is 1. The summed E-state index contributed by atoms with van der Waals surface area (Å²) in [7, 11) is 0. The van der Waals surface area contributed by atoms with Crippen LogP contribution in [-0.4, -0.2) is 70.1 Å². The zero-order chi connectivity index (χ0) is 13.8. The van der Waals surface area contributed by atoms with Crippen LogP contribution in [-0.2, 0) is 0 Å². The molecule has 0 unspecified atom stereocenters. The molecule has 3 N–H and O–H groups in total. The summed E-state index contributed by atoms with van der Waals surface area (Å²) in [6, 6.07) is 1.09. The third-order valence-electron chi connectivity index (χ3n) is 3.07. The number of aliphatic hydroxyl groups is 1. The summed E-state index contributed by atoms with van der Waals surface area (Å²) in [5.41, 5.74) is -1.27. The van der Waals surface area contributed by atoms with Crippen molar-refractivity contribution < 1.29 is 9.90 Å². The number of amides is 1. The number of piperazine rings is 1. The topological polar surface area (TPSA) is 109 Å². The Morgan fingerprint density at radius 3 is 2.47 bits per heavy atom. The molecule has 0 aliphatic carbocycles. The Morgan fingerprint density at radius 1 is 1.21 bits per heavy atom. The van der Waals surface area contributed by atoms with E-state index in [1.165, 1.54) is 0 Å². The maximum Gasteiger partial charge on any atom is 0.326 e. The van der Waals surface area contributed by atoms with Crippen molar-refractivity contribution in [1.29, 1.82) is 0 Å². The number of aromatic nitrogens is 2. The van der Waals surface area contributed by atoms with E-state index in [4.69, 9.17) is 5.11 Å². The summed E-state index contributed by atoms with van der Waals surface area (Å²) < 4.78 is 0. The van der Waals surface area contributed by atoms with Gasteiger partial charge in [-0.1, -0.05) is 0 Å². The minimum absolute atomic E-state index is 0.00404. The van der Waals surface area contributed by atoms with Gasteiger partial charge in [-0.2, -0.15) is 0 Å². The molecule has 0 radical (unpaired) electrons. The largest absolute Gasteiger partial charge is 0.395 e. The molecular formula is C11H16N4O4. The maximum absolute atomic E-state index is 12.1. The monoisotopic (exact) mass is 268 g/mol. The molecule has 2 heterocycles. The molecule has 1 aliphatic rings.